The molecule has 3 N–H and O–H groups in total. The summed E-state index contributed by atoms with van der Waals surface area (Å²) in [7, 11) is 0. The predicted molar refractivity (Wildman–Crippen MR) is 241 cm³/mol. The molecule has 64 heavy (non-hydrogen) atoms. The molecule has 0 aliphatic carbocycles. The van der Waals surface area contributed by atoms with Gasteiger partial charge in [0.15, 0.2) is 5.78 Å². The molecule has 2 aromatic heterocycles. The lowest BCUT2D eigenvalue weighted by Gasteiger charge is -2.40. The van der Waals surface area contributed by atoms with Gasteiger partial charge in [0.2, 0.25) is 11.8 Å². The monoisotopic (exact) mass is 881 g/mol. The minimum atomic E-state index is -0.624. The fraction of sp³-hybridized carbons (Fsp3) is 0.292. The number of hydrogen-bond acceptors (Lipinski definition) is 11. The molecule has 6 heterocycles. The summed E-state index contributed by atoms with van der Waals surface area (Å²) >= 11 is 6.61. The van der Waals surface area contributed by atoms with Gasteiger partial charge in [-0.3, -0.25) is 29.4 Å². The molecule has 4 aliphatic rings. The Kier molecular flexibility index (Phi) is 11.2. The first-order valence-electron chi connectivity index (χ1n) is 21.6. The van der Waals surface area contributed by atoms with Crippen LogP contribution in [0.25, 0.3) is 11.0 Å². The first-order chi connectivity index (χ1) is 31.1. The van der Waals surface area contributed by atoms with Gasteiger partial charge in [-0.15, -0.1) is 0 Å². The van der Waals surface area contributed by atoms with Gasteiger partial charge >= 0.3 is 0 Å². The van der Waals surface area contributed by atoms with Crippen LogP contribution in [0.3, 0.4) is 0 Å². The maximum atomic E-state index is 15.8. The molecule has 16 heteroatoms. The number of hydrogen-bond donors (Lipinski definition) is 3. The van der Waals surface area contributed by atoms with Gasteiger partial charge in [0.1, 0.15) is 41.2 Å². The minimum absolute atomic E-state index is 0.161. The number of nitrogens with one attached hydrogen (secondary N) is 3. The molecule has 4 aliphatic heterocycles. The number of imide groups is 1. The van der Waals surface area contributed by atoms with Crippen LogP contribution in [-0.4, -0.2) is 100 Å². The van der Waals surface area contributed by atoms with E-state index in [1.54, 1.807) is 35.4 Å². The zero-order valence-corrected chi connectivity index (χ0v) is 35.6. The number of benzene rings is 4. The molecule has 4 aromatic carbocycles. The molecule has 0 bridgehead atoms. The Bertz CT molecular complexity index is 2790. The summed E-state index contributed by atoms with van der Waals surface area (Å²) in [6.45, 7) is 6.43. The number of piperidine rings is 2. The molecule has 1 atom stereocenters. The second-order valence-electron chi connectivity index (χ2n) is 16.8. The Balaban J connectivity index is 0.725. The number of piperazine rings is 1. The third kappa shape index (κ3) is 8.24. The van der Waals surface area contributed by atoms with Crippen LogP contribution in [0.15, 0.2) is 97.5 Å². The summed E-state index contributed by atoms with van der Waals surface area (Å²) in [5, 5.41) is 6.27. The van der Waals surface area contributed by atoms with Crippen LogP contribution in [0.4, 0.5) is 27.3 Å². The zero-order valence-electron chi connectivity index (χ0n) is 34.9. The maximum absolute atomic E-state index is 15.8. The van der Waals surface area contributed by atoms with E-state index in [0.717, 1.165) is 69.9 Å². The van der Waals surface area contributed by atoms with Crippen LogP contribution in [0.5, 0.6) is 11.5 Å². The quantitative estimate of drug-likeness (QED) is 0.0886. The first-order valence-corrected chi connectivity index (χ1v) is 22.0. The molecule has 0 radical (unpaired) electrons. The van der Waals surface area contributed by atoms with Crippen LogP contribution in [0.1, 0.15) is 57.5 Å². The van der Waals surface area contributed by atoms with Gasteiger partial charge in [-0.2, -0.15) is 0 Å². The van der Waals surface area contributed by atoms with Crippen molar-refractivity contribution in [2.75, 3.05) is 60.9 Å². The molecule has 10 rings (SSSR count). The van der Waals surface area contributed by atoms with Crippen LogP contribution >= 0.6 is 11.6 Å². The van der Waals surface area contributed by atoms with Crippen LogP contribution in [0.2, 0.25) is 5.02 Å². The topological polar surface area (TPSA) is 156 Å². The fourth-order valence-corrected chi connectivity index (χ4v) is 9.65. The second kappa shape index (κ2) is 17.4. The normalized spacial score (nSPS) is 18.4. The standard InChI is InChI=1S/C48H45ClFN9O5/c49-38-24-34(64-33-4-2-1-3-5-33)8-10-36(38)44(61)37-25-51-45-43(37)46(53-28-52-45)54-31-6-11-40(39(50)23-31)58-16-14-29(15-17-58)26-56-18-20-57(21-19-56)32-7-9-35-30(22-32)27-59(48(35)63)41-12-13-42(60)55-47(41)62/h1-11,22-25,28-29,41H,12-21,26-27H2,(H,55,60,62)(H2,51,52,53,54)/t41-/m0/s1. The van der Waals surface area contributed by atoms with Crippen molar-refractivity contribution in [1.29, 1.82) is 0 Å². The van der Waals surface area contributed by atoms with Crippen molar-refractivity contribution in [3.63, 3.8) is 0 Å². The molecular weight excluding hydrogens is 837 g/mol. The Labute approximate surface area is 373 Å². The molecule has 6 aromatic rings. The Morgan fingerprint density at radius 1 is 0.844 bits per heavy atom. The summed E-state index contributed by atoms with van der Waals surface area (Å²) in [4.78, 5) is 71.5. The molecule has 326 valence electrons. The number of aromatic amines is 1. The van der Waals surface area contributed by atoms with E-state index in [1.165, 1.54) is 12.4 Å². The highest BCUT2D eigenvalue weighted by molar-refractivity contribution is 6.36. The Hall–Kier alpha value is -6.84. The molecule has 3 saturated heterocycles. The third-order valence-corrected chi connectivity index (χ3v) is 13.1. The number of fused-ring (bicyclic) bond motifs is 2. The summed E-state index contributed by atoms with van der Waals surface area (Å²) in [5.74, 6) is 0.469. The third-order valence-electron chi connectivity index (χ3n) is 12.8. The van der Waals surface area contributed by atoms with E-state index in [0.29, 0.717) is 69.7 Å². The van der Waals surface area contributed by atoms with Gasteiger partial charge in [-0.05, 0) is 91.4 Å². The number of aromatic nitrogens is 3. The van der Waals surface area contributed by atoms with Crippen molar-refractivity contribution in [1.82, 2.24) is 30.1 Å². The number of rotatable bonds is 11. The largest absolute Gasteiger partial charge is 0.457 e. The summed E-state index contributed by atoms with van der Waals surface area (Å²) in [6, 6.07) is 24.6. The van der Waals surface area contributed by atoms with E-state index >= 15 is 4.39 Å². The number of halogens is 2. The zero-order chi connectivity index (χ0) is 43.9. The number of para-hydroxylation sites is 1. The summed E-state index contributed by atoms with van der Waals surface area (Å²) in [5.41, 5.74) is 4.69. The van der Waals surface area contributed by atoms with E-state index in [4.69, 9.17) is 16.3 Å². The van der Waals surface area contributed by atoms with Crippen molar-refractivity contribution < 1.29 is 28.3 Å². The van der Waals surface area contributed by atoms with E-state index in [-0.39, 0.29) is 40.4 Å². The van der Waals surface area contributed by atoms with Crippen molar-refractivity contribution in [2.45, 2.75) is 38.3 Å². The summed E-state index contributed by atoms with van der Waals surface area (Å²) in [6.07, 6.45) is 5.45. The molecule has 0 saturated carbocycles. The number of anilines is 4. The SMILES string of the molecule is O=C1CC[C@H](N2Cc3cc(N4CCN(CC5CCN(c6ccc(Nc7ncnc8[nH]cc(C(=O)c9ccc(Oc%10ccccc%10)cc9Cl)c78)cc6F)CC5)CC4)ccc3C2=O)C(=O)N1. The molecule has 0 spiro atoms. The van der Waals surface area contributed by atoms with Crippen LogP contribution < -0.4 is 25.2 Å². The van der Waals surface area contributed by atoms with E-state index in [2.05, 4.69) is 46.4 Å². The Morgan fingerprint density at radius 2 is 1.66 bits per heavy atom. The summed E-state index contributed by atoms with van der Waals surface area (Å²) < 4.78 is 21.7. The predicted octanol–water partition coefficient (Wildman–Crippen LogP) is 7.32. The van der Waals surface area contributed by atoms with Gasteiger partial charge in [0.25, 0.3) is 5.91 Å². The first kappa shape index (κ1) is 41.2. The van der Waals surface area contributed by atoms with Gasteiger partial charge in [0, 0.05) is 93.5 Å². The van der Waals surface area contributed by atoms with Gasteiger partial charge < -0.3 is 29.7 Å². The molecule has 3 amide bonds. The van der Waals surface area contributed by atoms with Crippen LogP contribution in [0, 0.1) is 11.7 Å². The van der Waals surface area contributed by atoms with Crippen molar-refractivity contribution in [3.8, 4) is 11.5 Å². The number of carbonyl (C=O) groups is 4. The van der Waals surface area contributed by atoms with E-state index in [9.17, 15) is 19.2 Å². The van der Waals surface area contributed by atoms with E-state index in [1.807, 2.05) is 48.5 Å². The van der Waals surface area contributed by atoms with Gasteiger partial charge in [0.05, 0.1) is 21.7 Å². The van der Waals surface area contributed by atoms with Crippen LogP contribution in [-0.2, 0) is 16.1 Å². The van der Waals surface area contributed by atoms with Gasteiger partial charge in [-0.1, -0.05) is 29.8 Å². The lowest BCUT2D eigenvalue weighted by atomic mass is 9.95. The lowest BCUT2D eigenvalue weighted by molar-refractivity contribution is -0.136. The van der Waals surface area contributed by atoms with Crippen molar-refractivity contribution in [2.24, 2.45) is 5.92 Å². The molecular formula is C48H45ClFN9O5. The minimum Gasteiger partial charge on any atom is -0.457 e. The van der Waals surface area contributed by atoms with Gasteiger partial charge in [-0.25, -0.2) is 14.4 Å². The lowest BCUT2D eigenvalue weighted by Crippen LogP contribution is -2.52. The number of ether oxygens (including phenoxy) is 1. The smallest absolute Gasteiger partial charge is 0.255 e. The number of nitrogens with zero attached hydrogens (tertiary/aromatic N) is 6. The number of carbonyl (C=O) groups excluding carboxylic acids is 4. The molecule has 14 nitrogen and oxygen atoms in total. The number of amides is 3. The molecule has 0 unspecified atom stereocenters. The Morgan fingerprint density at radius 3 is 2.42 bits per heavy atom. The van der Waals surface area contributed by atoms with E-state index < -0.39 is 11.9 Å². The average molecular weight is 882 g/mol. The number of H-pyrrole nitrogens is 1. The fourth-order valence-electron chi connectivity index (χ4n) is 9.40. The highest BCUT2D eigenvalue weighted by Gasteiger charge is 2.39. The highest BCUT2D eigenvalue weighted by atomic mass is 35.5. The molecule has 3 fully saturated rings. The highest BCUT2D eigenvalue weighted by Crippen LogP contribution is 2.35. The number of ketones is 1. The maximum Gasteiger partial charge on any atom is 0.255 e. The van der Waals surface area contributed by atoms with Crippen molar-refractivity contribution in [3.05, 3.63) is 131 Å². The second-order valence-corrected chi connectivity index (χ2v) is 17.2. The average Bonchev–Trinajstić information content (AvgIpc) is 3.88. The van der Waals surface area contributed by atoms with Crippen molar-refractivity contribution >= 4 is 69.0 Å².